The average Bonchev–Trinajstić information content (AvgIpc) is 2.68. The second kappa shape index (κ2) is 8.11. The second-order valence-corrected chi connectivity index (χ2v) is 7.86. The van der Waals surface area contributed by atoms with Crippen LogP contribution in [0.3, 0.4) is 0 Å². The SMILES string of the molecule is Cc1ccc(S(=O)(=O)Nc2ccccc2C(=O)Nc2ccccc2)cc1[N+](=O)[O-]. The van der Waals surface area contributed by atoms with Crippen molar-refractivity contribution in [3.05, 3.63) is 94.0 Å². The number of aryl methyl sites for hydroxylation is 1. The number of amides is 1. The number of sulfonamides is 1. The van der Waals surface area contributed by atoms with E-state index < -0.39 is 20.9 Å². The van der Waals surface area contributed by atoms with E-state index in [1.54, 1.807) is 42.5 Å². The summed E-state index contributed by atoms with van der Waals surface area (Å²) in [5, 5.41) is 13.8. The molecule has 0 aliphatic carbocycles. The summed E-state index contributed by atoms with van der Waals surface area (Å²) in [6, 6.07) is 18.5. The number of benzene rings is 3. The summed E-state index contributed by atoms with van der Waals surface area (Å²) >= 11 is 0. The molecule has 3 aromatic carbocycles. The molecular weight excluding hydrogens is 394 g/mol. The fourth-order valence-corrected chi connectivity index (χ4v) is 3.75. The van der Waals surface area contributed by atoms with Crippen LogP contribution in [0.15, 0.2) is 77.7 Å². The maximum Gasteiger partial charge on any atom is 0.273 e. The minimum absolute atomic E-state index is 0.0594. The maximum atomic E-state index is 12.8. The largest absolute Gasteiger partial charge is 0.322 e. The Morgan fingerprint density at radius 1 is 0.966 bits per heavy atom. The van der Waals surface area contributed by atoms with Crippen LogP contribution < -0.4 is 10.0 Å². The molecule has 0 saturated heterocycles. The van der Waals surface area contributed by atoms with Gasteiger partial charge in [-0.1, -0.05) is 36.4 Å². The van der Waals surface area contributed by atoms with Crippen LogP contribution in [0.4, 0.5) is 17.1 Å². The minimum Gasteiger partial charge on any atom is -0.322 e. The fraction of sp³-hybridized carbons (Fsp3) is 0.0500. The third-order valence-corrected chi connectivity index (χ3v) is 5.50. The molecule has 0 radical (unpaired) electrons. The highest BCUT2D eigenvalue weighted by Gasteiger charge is 2.22. The van der Waals surface area contributed by atoms with Crippen LogP contribution in [-0.4, -0.2) is 19.2 Å². The summed E-state index contributed by atoms with van der Waals surface area (Å²) in [5.74, 6) is -0.496. The first-order chi connectivity index (χ1) is 13.8. The number of nitrogens with one attached hydrogen (secondary N) is 2. The van der Waals surface area contributed by atoms with Crippen molar-refractivity contribution in [1.29, 1.82) is 0 Å². The van der Waals surface area contributed by atoms with Crippen molar-refractivity contribution < 1.29 is 18.1 Å². The van der Waals surface area contributed by atoms with Crippen molar-refractivity contribution in [3.63, 3.8) is 0 Å². The Bertz CT molecular complexity index is 1180. The van der Waals surface area contributed by atoms with Gasteiger partial charge in [-0.15, -0.1) is 0 Å². The van der Waals surface area contributed by atoms with E-state index in [4.69, 9.17) is 0 Å². The molecule has 8 nitrogen and oxygen atoms in total. The first-order valence-electron chi connectivity index (χ1n) is 8.51. The van der Waals surface area contributed by atoms with Gasteiger partial charge in [-0.3, -0.25) is 19.6 Å². The quantitative estimate of drug-likeness (QED) is 0.470. The van der Waals surface area contributed by atoms with Crippen molar-refractivity contribution in [2.24, 2.45) is 0 Å². The molecule has 0 spiro atoms. The first-order valence-corrected chi connectivity index (χ1v) is 9.99. The lowest BCUT2D eigenvalue weighted by molar-refractivity contribution is -0.385. The summed E-state index contributed by atoms with van der Waals surface area (Å²) in [7, 11) is -4.15. The molecule has 29 heavy (non-hydrogen) atoms. The third-order valence-electron chi connectivity index (χ3n) is 4.14. The van der Waals surface area contributed by atoms with Crippen molar-refractivity contribution in [3.8, 4) is 0 Å². The van der Waals surface area contributed by atoms with E-state index in [0.717, 1.165) is 6.07 Å². The summed E-state index contributed by atoms with van der Waals surface area (Å²) < 4.78 is 27.9. The lowest BCUT2D eigenvalue weighted by Crippen LogP contribution is -2.18. The van der Waals surface area contributed by atoms with Crippen LogP contribution in [0.2, 0.25) is 0 Å². The molecule has 0 aromatic heterocycles. The van der Waals surface area contributed by atoms with Gasteiger partial charge in [-0.25, -0.2) is 8.42 Å². The monoisotopic (exact) mass is 411 g/mol. The van der Waals surface area contributed by atoms with Gasteiger partial charge in [0.25, 0.3) is 21.6 Å². The van der Waals surface area contributed by atoms with Crippen molar-refractivity contribution in [2.75, 3.05) is 10.0 Å². The molecule has 0 aliphatic heterocycles. The molecule has 0 unspecified atom stereocenters. The zero-order chi connectivity index (χ0) is 21.0. The molecular formula is C20H17N3O5S. The summed E-state index contributed by atoms with van der Waals surface area (Å²) in [6.07, 6.45) is 0. The standard InChI is InChI=1S/C20H17N3O5S/c1-14-11-12-16(13-19(14)23(25)26)29(27,28)22-18-10-6-5-9-17(18)20(24)21-15-7-3-2-4-8-15/h2-13,22H,1H3,(H,21,24). The summed E-state index contributed by atoms with van der Waals surface area (Å²) in [5.41, 5.74) is 0.773. The number of anilines is 2. The van der Waals surface area contributed by atoms with Crippen molar-refractivity contribution in [2.45, 2.75) is 11.8 Å². The molecule has 1 amide bonds. The van der Waals surface area contributed by atoms with E-state index in [-0.39, 0.29) is 21.8 Å². The number of carbonyl (C=O) groups is 1. The first kappa shape index (κ1) is 20.0. The average molecular weight is 411 g/mol. The van der Waals surface area contributed by atoms with E-state index >= 15 is 0 Å². The van der Waals surface area contributed by atoms with E-state index in [1.807, 2.05) is 0 Å². The van der Waals surface area contributed by atoms with Crippen molar-refractivity contribution in [1.82, 2.24) is 0 Å². The Labute approximate surface area is 167 Å². The normalized spacial score (nSPS) is 10.9. The molecule has 0 aliphatic rings. The summed E-state index contributed by atoms with van der Waals surface area (Å²) in [6.45, 7) is 1.52. The number of nitro groups is 1. The highest BCUT2D eigenvalue weighted by molar-refractivity contribution is 7.92. The van der Waals surface area contributed by atoms with E-state index in [9.17, 15) is 23.3 Å². The number of rotatable bonds is 6. The minimum atomic E-state index is -4.15. The smallest absolute Gasteiger partial charge is 0.273 e. The zero-order valence-corrected chi connectivity index (χ0v) is 16.1. The van der Waals surface area contributed by atoms with E-state index in [1.165, 1.54) is 31.2 Å². The van der Waals surface area contributed by atoms with Gasteiger partial charge >= 0.3 is 0 Å². The number of hydrogen-bond donors (Lipinski definition) is 2. The van der Waals surface area contributed by atoms with Gasteiger partial charge in [0.1, 0.15) is 0 Å². The molecule has 0 bridgehead atoms. The van der Waals surface area contributed by atoms with Gasteiger partial charge in [0.05, 0.1) is 21.1 Å². The summed E-state index contributed by atoms with van der Waals surface area (Å²) in [4.78, 5) is 22.8. The highest BCUT2D eigenvalue weighted by atomic mass is 32.2. The second-order valence-electron chi connectivity index (χ2n) is 6.18. The number of nitrogens with zero attached hydrogens (tertiary/aromatic N) is 1. The van der Waals surface area contributed by atoms with Gasteiger partial charge in [-0.2, -0.15) is 0 Å². The molecule has 3 rings (SSSR count). The lowest BCUT2D eigenvalue weighted by atomic mass is 10.1. The number of nitro benzene ring substituents is 1. The number of hydrogen-bond acceptors (Lipinski definition) is 5. The Morgan fingerprint density at radius 2 is 1.62 bits per heavy atom. The van der Waals surface area contributed by atoms with Crippen molar-refractivity contribution >= 4 is 33.0 Å². The number of para-hydroxylation sites is 2. The van der Waals surface area contributed by atoms with Crippen LogP contribution in [0, 0.1) is 17.0 Å². The molecule has 9 heteroatoms. The van der Waals surface area contributed by atoms with Crippen LogP contribution in [0.25, 0.3) is 0 Å². The molecule has 3 aromatic rings. The Hall–Kier alpha value is -3.72. The van der Waals surface area contributed by atoms with Gasteiger partial charge in [0.2, 0.25) is 0 Å². The van der Waals surface area contributed by atoms with Crippen LogP contribution >= 0.6 is 0 Å². The highest BCUT2D eigenvalue weighted by Crippen LogP contribution is 2.25. The Kier molecular flexibility index (Phi) is 5.60. The maximum absolute atomic E-state index is 12.8. The topological polar surface area (TPSA) is 118 Å². The predicted octanol–water partition coefficient (Wildman–Crippen LogP) is 3.96. The van der Waals surface area contributed by atoms with Crippen LogP contribution in [-0.2, 0) is 10.0 Å². The lowest BCUT2D eigenvalue weighted by Gasteiger charge is -2.13. The molecule has 0 fully saturated rings. The predicted molar refractivity (Wildman–Crippen MR) is 109 cm³/mol. The van der Waals surface area contributed by atoms with E-state index in [0.29, 0.717) is 11.3 Å². The van der Waals surface area contributed by atoms with Gasteiger partial charge in [-0.05, 0) is 37.3 Å². The molecule has 0 heterocycles. The van der Waals surface area contributed by atoms with Gasteiger partial charge in [0, 0.05) is 17.3 Å². The third kappa shape index (κ3) is 4.58. The van der Waals surface area contributed by atoms with E-state index in [2.05, 4.69) is 10.0 Å². The Morgan fingerprint density at radius 3 is 2.31 bits per heavy atom. The molecule has 0 atom stereocenters. The van der Waals surface area contributed by atoms with Gasteiger partial charge < -0.3 is 5.32 Å². The van der Waals surface area contributed by atoms with Crippen LogP contribution in [0.5, 0.6) is 0 Å². The molecule has 2 N–H and O–H groups in total. The molecule has 0 saturated carbocycles. The fourth-order valence-electron chi connectivity index (χ4n) is 2.65. The zero-order valence-electron chi connectivity index (χ0n) is 15.3. The Balaban J connectivity index is 1.91. The van der Waals surface area contributed by atoms with Gasteiger partial charge in [0.15, 0.2) is 0 Å². The number of carbonyl (C=O) groups excluding carboxylic acids is 1. The van der Waals surface area contributed by atoms with Crippen LogP contribution in [0.1, 0.15) is 15.9 Å². The molecule has 148 valence electrons.